The topological polar surface area (TPSA) is 175 Å². The molecule has 1 saturated heterocycles. The molecule has 7 unspecified atom stereocenters. The summed E-state index contributed by atoms with van der Waals surface area (Å²) in [5, 5.41) is 54.0. The van der Waals surface area contributed by atoms with Crippen LogP contribution in [0.3, 0.4) is 0 Å². The molecule has 0 saturated carbocycles. The van der Waals surface area contributed by atoms with Crippen LogP contribution in [0.25, 0.3) is 0 Å². The van der Waals surface area contributed by atoms with Gasteiger partial charge in [-0.2, -0.15) is 0 Å². The van der Waals surface area contributed by atoms with E-state index < -0.39 is 49.5 Å². The molecule has 11 heteroatoms. The van der Waals surface area contributed by atoms with Gasteiger partial charge in [-0.15, -0.1) is 0 Å². The smallest absolute Gasteiger partial charge is 0.305 e. The number of nitrogens with one attached hydrogen (secondary N) is 1. The highest BCUT2D eigenvalue weighted by Gasteiger charge is 2.44. The van der Waals surface area contributed by atoms with E-state index in [9.17, 15) is 35.1 Å². The van der Waals surface area contributed by atoms with Crippen molar-refractivity contribution in [1.82, 2.24) is 5.32 Å². The lowest BCUT2D eigenvalue weighted by Gasteiger charge is -2.40. The average Bonchev–Trinajstić information content (AvgIpc) is 3.28. The molecule has 6 N–H and O–H groups in total. The normalized spacial score (nSPS) is 20.3. The Morgan fingerprint density at radius 1 is 0.571 bits per heavy atom. The first kappa shape index (κ1) is 58.9. The molecule has 0 radical (unpaired) electrons. The maximum Gasteiger partial charge on any atom is 0.305 e. The molecule has 0 aromatic rings. The zero-order valence-electron chi connectivity index (χ0n) is 40.0. The number of carbonyl (C=O) groups excluding carboxylic acids is 2. The SMILES string of the molecule is CCCCC/C=C\CCCCCCCC(=O)OCCCCCCCCCCCCCCCCC(=O)NC(COC1OC(CO)C(O)C(O)C1O)C(O)/C=C/CC/C=C/CCCCC. The summed E-state index contributed by atoms with van der Waals surface area (Å²) in [5.41, 5.74) is 0. The first-order valence-corrected chi connectivity index (χ1v) is 25.8. The van der Waals surface area contributed by atoms with Crippen molar-refractivity contribution in [2.45, 2.75) is 262 Å². The third-order valence-electron chi connectivity index (χ3n) is 12.0. The van der Waals surface area contributed by atoms with E-state index in [1.54, 1.807) is 6.08 Å². The number of aliphatic hydroxyl groups is 5. The number of hydrogen-bond acceptors (Lipinski definition) is 10. The number of carbonyl (C=O) groups is 2. The average molecular weight is 894 g/mol. The summed E-state index contributed by atoms with van der Waals surface area (Å²) < 4.78 is 16.6. The molecule has 368 valence electrons. The molecule has 0 aromatic heterocycles. The van der Waals surface area contributed by atoms with E-state index in [1.165, 1.54) is 122 Å². The largest absolute Gasteiger partial charge is 0.466 e. The fourth-order valence-corrected chi connectivity index (χ4v) is 7.80. The van der Waals surface area contributed by atoms with Crippen LogP contribution >= 0.6 is 0 Å². The predicted molar refractivity (Wildman–Crippen MR) is 255 cm³/mol. The van der Waals surface area contributed by atoms with Crippen molar-refractivity contribution in [1.29, 1.82) is 0 Å². The van der Waals surface area contributed by atoms with Gasteiger partial charge < -0.3 is 45.1 Å². The number of hydrogen-bond donors (Lipinski definition) is 6. The lowest BCUT2D eigenvalue weighted by atomic mass is 9.99. The highest BCUT2D eigenvalue weighted by Crippen LogP contribution is 2.23. The van der Waals surface area contributed by atoms with Gasteiger partial charge >= 0.3 is 5.97 Å². The Hall–Kier alpha value is -2.12. The minimum absolute atomic E-state index is 0.0348. The number of rotatable bonds is 43. The summed E-state index contributed by atoms with van der Waals surface area (Å²) in [4.78, 5) is 25.0. The van der Waals surface area contributed by atoms with Gasteiger partial charge in [-0.25, -0.2) is 0 Å². The Kier molecular flexibility index (Phi) is 39.7. The van der Waals surface area contributed by atoms with Crippen LogP contribution in [0.15, 0.2) is 36.5 Å². The molecular formula is C52H95NO10. The fraction of sp³-hybridized carbons (Fsp3) is 0.846. The molecule has 1 aliphatic heterocycles. The zero-order valence-corrected chi connectivity index (χ0v) is 40.0. The summed E-state index contributed by atoms with van der Waals surface area (Å²) in [5.74, 6) is -0.241. The second-order valence-electron chi connectivity index (χ2n) is 17.9. The van der Waals surface area contributed by atoms with Crippen molar-refractivity contribution in [3.8, 4) is 0 Å². The predicted octanol–water partition coefficient (Wildman–Crippen LogP) is 10.4. The summed E-state index contributed by atoms with van der Waals surface area (Å²) in [6.07, 6.45) is 39.5. The van der Waals surface area contributed by atoms with Crippen molar-refractivity contribution in [2.24, 2.45) is 0 Å². The Labute approximate surface area is 383 Å². The van der Waals surface area contributed by atoms with E-state index in [1.807, 2.05) is 6.08 Å². The van der Waals surface area contributed by atoms with Crippen molar-refractivity contribution >= 4 is 11.9 Å². The van der Waals surface area contributed by atoms with Gasteiger partial charge in [0, 0.05) is 12.8 Å². The van der Waals surface area contributed by atoms with Crippen LogP contribution in [0.4, 0.5) is 0 Å². The number of unbranched alkanes of at least 4 members (excludes halogenated alkanes) is 25. The first-order valence-electron chi connectivity index (χ1n) is 25.8. The monoisotopic (exact) mass is 894 g/mol. The Bertz CT molecular complexity index is 1150. The fourth-order valence-electron chi connectivity index (χ4n) is 7.80. The van der Waals surface area contributed by atoms with Crippen LogP contribution in [0.5, 0.6) is 0 Å². The minimum Gasteiger partial charge on any atom is -0.466 e. The Morgan fingerprint density at radius 3 is 1.57 bits per heavy atom. The molecule has 1 aliphatic rings. The quantitative estimate of drug-likeness (QED) is 0.0196. The van der Waals surface area contributed by atoms with Gasteiger partial charge in [-0.1, -0.05) is 172 Å². The molecular weight excluding hydrogens is 799 g/mol. The molecule has 7 atom stereocenters. The lowest BCUT2D eigenvalue weighted by molar-refractivity contribution is -0.302. The van der Waals surface area contributed by atoms with Crippen LogP contribution in [0.1, 0.15) is 219 Å². The van der Waals surface area contributed by atoms with Gasteiger partial charge in [0.25, 0.3) is 0 Å². The number of allylic oxidation sites excluding steroid dienone is 5. The van der Waals surface area contributed by atoms with Crippen LogP contribution in [-0.4, -0.2) is 100 Å². The molecule has 0 spiro atoms. The van der Waals surface area contributed by atoms with Crippen LogP contribution < -0.4 is 5.32 Å². The number of esters is 1. The Morgan fingerprint density at radius 2 is 1.03 bits per heavy atom. The second kappa shape index (κ2) is 42.5. The van der Waals surface area contributed by atoms with Crippen molar-refractivity contribution in [2.75, 3.05) is 19.8 Å². The highest BCUT2D eigenvalue weighted by atomic mass is 16.7. The van der Waals surface area contributed by atoms with E-state index in [4.69, 9.17) is 14.2 Å². The van der Waals surface area contributed by atoms with Gasteiger partial charge in [-0.3, -0.25) is 9.59 Å². The molecule has 1 fully saturated rings. The van der Waals surface area contributed by atoms with Crippen molar-refractivity contribution in [3.63, 3.8) is 0 Å². The van der Waals surface area contributed by atoms with Crippen molar-refractivity contribution in [3.05, 3.63) is 36.5 Å². The molecule has 1 amide bonds. The second-order valence-corrected chi connectivity index (χ2v) is 17.9. The van der Waals surface area contributed by atoms with Crippen LogP contribution in [-0.2, 0) is 23.8 Å². The number of amides is 1. The van der Waals surface area contributed by atoms with E-state index >= 15 is 0 Å². The van der Waals surface area contributed by atoms with E-state index in [0.29, 0.717) is 19.4 Å². The van der Waals surface area contributed by atoms with E-state index in [-0.39, 0.29) is 18.5 Å². The minimum atomic E-state index is -1.58. The molecule has 0 aromatic carbocycles. The number of ether oxygens (including phenoxy) is 3. The summed E-state index contributed by atoms with van der Waals surface area (Å²) in [6, 6.07) is -0.834. The summed E-state index contributed by atoms with van der Waals surface area (Å²) >= 11 is 0. The van der Waals surface area contributed by atoms with Gasteiger partial charge in [0.05, 0.1) is 32.0 Å². The van der Waals surface area contributed by atoms with E-state index in [0.717, 1.165) is 70.6 Å². The first-order chi connectivity index (χ1) is 30.7. The molecule has 63 heavy (non-hydrogen) atoms. The summed E-state index contributed by atoms with van der Waals surface area (Å²) in [6.45, 7) is 4.19. The van der Waals surface area contributed by atoms with Gasteiger partial charge in [0.15, 0.2) is 6.29 Å². The third-order valence-corrected chi connectivity index (χ3v) is 12.0. The van der Waals surface area contributed by atoms with Crippen LogP contribution in [0.2, 0.25) is 0 Å². The summed E-state index contributed by atoms with van der Waals surface area (Å²) in [7, 11) is 0. The van der Waals surface area contributed by atoms with Crippen molar-refractivity contribution < 1.29 is 49.3 Å². The zero-order chi connectivity index (χ0) is 46.0. The Balaban J connectivity index is 2.13. The van der Waals surface area contributed by atoms with Gasteiger partial charge in [-0.05, 0) is 70.6 Å². The molecule has 1 heterocycles. The van der Waals surface area contributed by atoms with Gasteiger partial charge in [0.1, 0.15) is 24.4 Å². The van der Waals surface area contributed by atoms with Crippen LogP contribution in [0, 0.1) is 0 Å². The molecule has 1 rings (SSSR count). The lowest BCUT2D eigenvalue weighted by Crippen LogP contribution is -2.60. The third kappa shape index (κ3) is 33.1. The molecule has 0 aliphatic carbocycles. The maximum atomic E-state index is 12.9. The molecule has 11 nitrogen and oxygen atoms in total. The van der Waals surface area contributed by atoms with Gasteiger partial charge in [0.2, 0.25) is 5.91 Å². The molecule has 0 bridgehead atoms. The standard InChI is InChI=1S/C52H95NO10/c1-3-5-7-9-11-13-14-20-24-28-32-36-40-48(57)61-41-37-33-29-25-21-18-16-15-17-19-23-27-31-35-39-47(56)53-44(45(55)38-34-30-26-22-12-10-8-6-4-2)43-62-52-51(60)50(59)49(58)46(42-54)63-52/h11-13,22,34,38,44-46,49-52,54-55,58-60H,3-10,14-21,23-33,35-37,39-43H2,1-2H3,(H,53,56)/b13-11-,22-12+,38-34+. The number of aliphatic hydroxyl groups excluding tert-OH is 5. The maximum absolute atomic E-state index is 12.9. The highest BCUT2D eigenvalue weighted by molar-refractivity contribution is 5.76. The van der Waals surface area contributed by atoms with E-state index in [2.05, 4.69) is 43.5 Å².